The lowest BCUT2D eigenvalue weighted by molar-refractivity contribution is -0.137. The number of nitrogens with zero attached hydrogens (tertiary/aromatic N) is 3. The molecule has 4 rings (SSSR count). The number of nitrogens with one attached hydrogen (secondary N) is 1. The van der Waals surface area contributed by atoms with E-state index in [-0.39, 0.29) is 41.4 Å². The van der Waals surface area contributed by atoms with Crippen LogP contribution in [0.25, 0.3) is 0 Å². The van der Waals surface area contributed by atoms with Gasteiger partial charge in [0, 0.05) is 31.6 Å². The molecule has 7 nitrogen and oxygen atoms in total. The smallest absolute Gasteiger partial charge is 0.379 e. The monoisotopic (exact) mass is 528 g/mol. The second-order valence-corrected chi connectivity index (χ2v) is 9.43. The summed E-state index contributed by atoms with van der Waals surface area (Å²) in [4.78, 5) is 33.5. The Bertz CT molecular complexity index is 1160. The summed E-state index contributed by atoms with van der Waals surface area (Å²) < 4.78 is 59.4. The zero-order valence-electron chi connectivity index (χ0n) is 19.6. The van der Waals surface area contributed by atoms with Crippen LogP contribution >= 0.6 is 11.6 Å². The Kier molecular flexibility index (Phi) is 7.42. The van der Waals surface area contributed by atoms with E-state index in [1.807, 2.05) is 0 Å². The highest BCUT2D eigenvalue weighted by molar-refractivity contribution is 6.31. The lowest BCUT2D eigenvalue weighted by atomic mass is 10.0. The molecule has 2 aliphatic rings. The number of amides is 2. The van der Waals surface area contributed by atoms with Gasteiger partial charge >= 0.3 is 6.18 Å². The van der Waals surface area contributed by atoms with Gasteiger partial charge in [0.2, 0.25) is 11.8 Å². The van der Waals surface area contributed by atoms with Gasteiger partial charge in [-0.1, -0.05) is 11.6 Å². The van der Waals surface area contributed by atoms with E-state index in [4.69, 9.17) is 16.3 Å². The number of hydrogen-bond acceptors (Lipinski definition) is 5. The van der Waals surface area contributed by atoms with Crippen molar-refractivity contribution in [2.45, 2.75) is 38.0 Å². The van der Waals surface area contributed by atoms with E-state index in [1.165, 1.54) is 35.9 Å². The van der Waals surface area contributed by atoms with Crippen molar-refractivity contribution in [3.63, 3.8) is 0 Å². The maximum Gasteiger partial charge on any atom is 0.416 e. The van der Waals surface area contributed by atoms with Gasteiger partial charge in [-0.3, -0.25) is 9.59 Å². The Hall–Kier alpha value is -2.92. The van der Waals surface area contributed by atoms with Crippen molar-refractivity contribution in [1.29, 1.82) is 0 Å². The Balaban J connectivity index is 1.65. The van der Waals surface area contributed by atoms with E-state index in [0.717, 1.165) is 18.2 Å². The molecular weight excluding hydrogens is 504 g/mol. The van der Waals surface area contributed by atoms with Crippen molar-refractivity contribution < 1.29 is 31.9 Å². The molecule has 1 N–H and O–H groups in total. The molecule has 194 valence electrons. The first-order valence-corrected chi connectivity index (χ1v) is 11.7. The number of benzene rings is 1. The molecule has 0 aliphatic carbocycles. The Labute approximate surface area is 210 Å². The minimum Gasteiger partial charge on any atom is -0.379 e. The number of hydrogen-bond donors (Lipinski definition) is 1. The first-order chi connectivity index (χ1) is 16.9. The molecule has 0 spiro atoms. The lowest BCUT2D eigenvalue weighted by Gasteiger charge is -2.29. The standard InChI is InChI=1S/C24H25ClF4N4O3/c1-13-7-15(24(27,28)29)9-21(30-13)33-11-14(22(34)31-16-5-6-36-12-16)8-20(33)23(35)32(2)17-3-4-19(26)18(25)10-17/h3-4,7,9-10,14,16,20H,5-6,8,11-12H2,1-2H3,(H,31,34)/t14-,16?,20-/m0/s1. The van der Waals surface area contributed by atoms with Gasteiger partial charge in [-0.05, 0) is 50.1 Å². The van der Waals surface area contributed by atoms with Gasteiger partial charge in [0.25, 0.3) is 0 Å². The minimum absolute atomic E-state index is 0.00157. The number of carbonyl (C=O) groups is 2. The van der Waals surface area contributed by atoms with Crippen LogP contribution in [0.1, 0.15) is 24.1 Å². The Morgan fingerprint density at radius 3 is 2.64 bits per heavy atom. The molecule has 2 aliphatic heterocycles. The van der Waals surface area contributed by atoms with Crippen LogP contribution < -0.4 is 15.1 Å². The van der Waals surface area contributed by atoms with Gasteiger partial charge in [0.15, 0.2) is 0 Å². The maximum atomic E-state index is 13.6. The predicted octanol–water partition coefficient (Wildman–Crippen LogP) is 3.96. The van der Waals surface area contributed by atoms with Crippen LogP contribution in [0.2, 0.25) is 5.02 Å². The van der Waals surface area contributed by atoms with Crippen molar-refractivity contribution in [2.75, 3.05) is 36.6 Å². The number of pyridine rings is 1. The van der Waals surface area contributed by atoms with E-state index in [0.29, 0.717) is 25.3 Å². The van der Waals surface area contributed by atoms with Crippen molar-refractivity contribution in [1.82, 2.24) is 10.3 Å². The lowest BCUT2D eigenvalue weighted by Crippen LogP contribution is -2.44. The van der Waals surface area contributed by atoms with Crippen LogP contribution in [0.4, 0.5) is 29.1 Å². The third kappa shape index (κ3) is 5.57. The fourth-order valence-corrected chi connectivity index (χ4v) is 4.66. The van der Waals surface area contributed by atoms with Crippen molar-refractivity contribution in [3.05, 3.63) is 52.4 Å². The SMILES string of the molecule is Cc1cc(C(F)(F)F)cc(N2C[C@@H](C(=O)NC3CCOC3)C[C@H]2C(=O)N(C)c2ccc(F)c(Cl)c2)n1. The fourth-order valence-electron chi connectivity index (χ4n) is 4.49. The van der Waals surface area contributed by atoms with Crippen molar-refractivity contribution >= 4 is 34.9 Å². The second kappa shape index (κ2) is 10.2. The summed E-state index contributed by atoms with van der Waals surface area (Å²) in [5, 5.41) is 2.72. The molecule has 12 heteroatoms. The Morgan fingerprint density at radius 1 is 1.25 bits per heavy atom. The third-order valence-corrected chi connectivity index (χ3v) is 6.71. The summed E-state index contributed by atoms with van der Waals surface area (Å²) in [7, 11) is 1.46. The number of anilines is 2. The van der Waals surface area contributed by atoms with Crippen molar-refractivity contribution in [2.24, 2.45) is 5.92 Å². The highest BCUT2D eigenvalue weighted by atomic mass is 35.5. The summed E-state index contributed by atoms with van der Waals surface area (Å²) in [5.41, 5.74) is -0.470. The molecule has 1 aromatic heterocycles. The number of carbonyl (C=O) groups excluding carboxylic acids is 2. The van der Waals surface area contributed by atoms with E-state index < -0.39 is 35.4 Å². The maximum absolute atomic E-state index is 13.6. The highest BCUT2D eigenvalue weighted by Gasteiger charge is 2.43. The van der Waals surface area contributed by atoms with Crippen LogP contribution in [0, 0.1) is 18.7 Å². The number of aryl methyl sites for hydroxylation is 1. The fraction of sp³-hybridized carbons (Fsp3) is 0.458. The molecule has 2 fully saturated rings. The van der Waals surface area contributed by atoms with Crippen LogP contribution in [0.3, 0.4) is 0 Å². The number of likely N-dealkylation sites (N-methyl/N-ethyl adjacent to an activating group) is 1. The Morgan fingerprint density at radius 2 is 2.00 bits per heavy atom. The summed E-state index contributed by atoms with van der Waals surface area (Å²) in [6.07, 6.45) is -3.88. The van der Waals surface area contributed by atoms with E-state index >= 15 is 0 Å². The molecule has 2 amide bonds. The van der Waals surface area contributed by atoms with E-state index in [1.54, 1.807) is 0 Å². The largest absolute Gasteiger partial charge is 0.416 e. The second-order valence-electron chi connectivity index (χ2n) is 9.02. The van der Waals surface area contributed by atoms with E-state index in [9.17, 15) is 27.2 Å². The zero-order valence-corrected chi connectivity index (χ0v) is 20.4. The number of aromatic nitrogens is 1. The molecule has 3 atom stereocenters. The van der Waals surface area contributed by atoms with Gasteiger partial charge in [-0.2, -0.15) is 13.2 Å². The summed E-state index contributed by atoms with van der Waals surface area (Å²) in [5.74, 6) is -2.16. The molecule has 2 aromatic rings. The number of ether oxygens (including phenoxy) is 1. The molecule has 1 aromatic carbocycles. The molecule has 0 saturated carbocycles. The van der Waals surface area contributed by atoms with Gasteiger partial charge in [-0.15, -0.1) is 0 Å². The third-order valence-electron chi connectivity index (χ3n) is 6.42. The topological polar surface area (TPSA) is 74.8 Å². The quantitative estimate of drug-likeness (QED) is 0.595. The van der Waals surface area contributed by atoms with E-state index in [2.05, 4.69) is 10.3 Å². The van der Waals surface area contributed by atoms with Gasteiger partial charge in [0.1, 0.15) is 17.7 Å². The average Bonchev–Trinajstić information content (AvgIpc) is 3.49. The summed E-state index contributed by atoms with van der Waals surface area (Å²) >= 11 is 5.87. The van der Waals surface area contributed by atoms with Crippen LogP contribution in [0.15, 0.2) is 30.3 Å². The normalized spacial score (nSPS) is 22.1. The molecule has 0 bridgehead atoms. The molecule has 36 heavy (non-hydrogen) atoms. The average molecular weight is 529 g/mol. The first-order valence-electron chi connectivity index (χ1n) is 11.4. The van der Waals surface area contributed by atoms with Crippen LogP contribution in [-0.4, -0.2) is 55.7 Å². The predicted molar refractivity (Wildman–Crippen MR) is 125 cm³/mol. The molecular formula is C24H25ClF4N4O3. The van der Waals surface area contributed by atoms with Gasteiger partial charge in [-0.25, -0.2) is 9.37 Å². The summed E-state index contributed by atoms with van der Waals surface area (Å²) in [6.45, 7) is 2.35. The first kappa shape index (κ1) is 26.2. The number of halogens is 5. The minimum atomic E-state index is -4.61. The van der Waals surface area contributed by atoms with Gasteiger partial charge in [0.05, 0.1) is 29.2 Å². The number of alkyl halides is 3. The molecule has 3 heterocycles. The molecule has 1 unspecified atom stereocenters. The van der Waals surface area contributed by atoms with Gasteiger partial charge < -0.3 is 19.9 Å². The molecule has 0 radical (unpaired) electrons. The van der Waals surface area contributed by atoms with Crippen LogP contribution in [0.5, 0.6) is 0 Å². The number of rotatable bonds is 5. The molecule has 2 saturated heterocycles. The zero-order chi connectivity index (χ0) is 26.2. The van der Waals surface area contributed by atoms with Crippen molar-refractivity contribution in [3.8, 4) is 0 Å². The summed E-state index contributed by atoms with van der Waals surface area (Å²) in [6, 6.07) is 4.44. The van der Waals surface area contributed by atoms with Crippen LogP contribution in [-0.2, 0) is 20.5 Å². The highest BCUT2D eigenvalue weighted by Crippen LogP contribution is 2.36.